The Balaban J connectivity index is 1.05. The number of amides is 1. The third-order valence-electron chi connectivity index (χ3n) is 7.53. The van der Waals surface area contributed by atoms with Crippen molar-refractivity contribution in [3.05, 3.63) is 48.5 Å². The van der Waals surface area contributed by atoms with E-state index in [9.17, 15) is 4.79 Å². The van der Waals surface area contributed by atoms with Gasteiger partial charge in [-0.05, 0) is 39.3 Å². The summed E-state index contributed by atoms with van der Waals surface area (Å²) in [6.45, 7) is 4.73. The second-order valence-electron chi connectivity index (χ2n) is 10.7. The number of ether oxygens (including phenoxy) is 4. The number of carbonyl (C=O) groups excluding carboxylic acids is 1. The van der Waals surface area contributed by atoms with Gasteiger partial charge in [0.25, 0.3) is 0 Å². The maximum atomic E-state index is 12.2. The van der Waals surface area contributed by atoms with Gasteiger partial charge in [0, 0.05) is 18.6 Å². The standard InChI is InChI=1S/C26H33N7O5/c1-26(2)37-20-18(36-24(21(20)38-26)33-14-30-19-22(27)28-13-29-23(19)33)11-32(3)17-9-16(10-17)31-25(34)35-12-15-7-5-4-6-8-15/h4-8,13-14,16-18,20-21,24H,9-12H2,1-3H3,(H,31,34)(H2,27,28,29)/t16?,17?,18-,20-,21-,24-/m1/s1. The van der Waals surface area contributed by atoms with E-state index >= 15 is 0 Å². The second kappa shape index (κ2) is 9.77. The highest BCUT2D eigenvalue weighted by molar-refractivity contribution is 5.81. The predicted octanol–water partition coefficient (Wildman–Crippen LogP) is 2.22. The fourth-order valence-electron chi connectivity index (χ4n) is 5.52. The van der Waals surface area contributed by atoms with Crippen LogP contribution in [0.25, 0.3) is 11.2 Å². The van der Waals surface area contributed by atoms with Crippen molar-refractivity contribution < 1.29 is 23.7 Å². The largest absolute Gasteiger partial charge is 0.445 e. The Labute approximate surface area is 220 Å². The number of hydrogen-bond acceptors (Lipinski definition) is 10. The molecule has 3 N–H and O–H groups in total. The van der Waals surface area contributed by atoms with Gasteiger partial charge < -0.3 is 34.9 Å². The van der Waals surface area contributed by atoms with E-state index < -0.39 is 12.0 Å². The number of benzene rings is 1. The molecule has 4 heterocycles. The van der Waals surface area contributed by atoms with E-state index in [1.165, 1.54) is 6.33 Å². The molecule has 1 saturated carbocycles. The monoisotopic (exact) mass is 523 g/mol. The van der Waals surface area contributed by atoms with Gasteiger partial charge in [0.05, 0.1) is 6.33 Å². The van der Waals surface area contributed by atoms with Crippen molar-refractivity contribution in [3.8, 4) is 0 Å². The molecule has 3 aliphatic rings. The lowest BCUT2D eigenvalue weighted by Crippen LogP contribution is -2.54. The van der Waals surface area contributed by atoms with Crippen LogP contribution in [0.3, 0.4) is 0 Å². The highest BCUT2D eigenvalue weighted by Gasteiger charge is 2.56. The number of fused-ring (bicyclic) bond motifs is 2. The van der Waals surface area contributed by atoms with Gasteiger partial charge in [0.2, 0.25) is 0 Å². The first-order chi connectivity index (χ1) is 18.3. The molecule has 202 valence electrons. The lowest BCUT2D eigenvalue weighted by atomic mass is 9.85. The van der Waals surface area contributed by atoms with E-state index in [0.717, 1.165) is 18.4 Å². The number of imidazole rings is 1. The van der Waals surface area contributed by atoms with Crippen molar-refractivity contribution in [2.24, 2.45) is 0 Å². The number of alkyl carbamates (subject to hydrolysis) is 1. The number of nitrogens with one attached hydrogen (secondary N) is 1. The molecule has 0 bridgehead atoms. The number of hydrogen-bond donors (Lipinski definition) is 2. The normalized spacial score (nSPS) is 29.8. The molecular weight excluding hydrogens is 490 g/mol. The maximum absolute atomic E-state index is 12.2. The summed E-state index contributed by atoms with van der Waals surface area (Å²) >= 11 is 0. The van der Waals surface area contributed by atoms with Gasteiger partial charge in [-0.3, -0.25) is 4.57 Å². The molecule has 3 fully saturated rings. The third-order valence-corrected chi connectivity index (χ3v) is 7.53. The molecule has 1 aliphatic carbocycles. The Bertz CT molecular complexity index is 1300. The average molecular weight is 524 g/mol. The van der Waals surface area contributed by atoms with Crippen LogP contribution in [0.4, 0.5) is 10.6 Å². The van der Waals surface area contributed by atoms with Gasteiger partial charge in [-0.15, -0.1) is 0 Å². The first-order valence-corrected chi connectivity index (χ1v) is 12.9. The summed E-state index contributed by atoms with van der Waals surface area (Å²) < 4.78 is 26.3. The Morgan fingerprint density at radius 3 is 2.74 bits per heavy atom. The number of nitrogens with two attached hydrogens (primary N) is 1. The molecule has 0 spiro atoms. The molecule has 4 atom stereocenters. The number of aromatic nitrogens is 4. The van der Waals surface area contributed by atoms with E-state index in [2.05, 4.69) is 32.2 Å². The summed E-state index contributed by atoms with van der Waals surface area (Å²) in [5.41, 5.74) is 8.07. The second-order valence-corrected chi connectivity index (χ2v) is 10.7. The Kier molecular flexibility index (Phi) is 6.42. The van der Waals surface area contributed by atoms with Crippen molar-refractivity contribution in [2.45, 2.75) is 75.7 Å². The molecule has 12 heteroatoms. The van der Waals surface area contributed by atoms with E-state index in [1.54, 1.807) is 6.33 Å². The number of rotatable bonds is 7. The summed E-state index contributed by atoms with van der Waals surface area (Å²) in [7, 11) is 2.07. The molecule has 3 aromatic rings. The molecule has 1 amide bonds. The van der Waals surface area contributed by atoms with Crippen LogP contribution >= 0.6 is 0 Å². The molecule has 12 nitrogen and oxygen atoms in total. The molecule has 38 heavy (non-hydrogen) atoms. The van der Waals surface area contributed by atoms with Gasteiger partial charge in [-0.1, -0.05) is 30.3 Å². The topological polar surface area (TPSA) is 139 Å². The third kappa shape index (κ3) is 4.80. The zero-order valence-electron chi connectivity index (χ0n) is 21.7. The summed E-state index contributed by atoms with van der Waals surface area (Å²) in [5, 5.41) is 2.96. The van der Waals surface area contributed by atoms with Crippen LogP contribution in [-0.2, 0) is 25.6 Å². The molecule has 2 aromatic heterocycles. The van der Waals surface area contributed by atoms with Crippen LogP contribution in [0.1, 0.15) is 38.5 Å². The van der Waals surface area contributed by atoms with Crippen LogP contribution in [0.2, 0.25) is 0 Å². The van der Waals surface area contributed by atoms with Gasteiger partial charge in [-0.25, -0.2) is 19.7 Å². The molecule has 0 unspecified atom stereocenters. The van der Waals surface area contributed by atoms with Crippen molar-refractivity contribution >= 4 is 23.1 Å². The Hall–Kier alpha value is -3.32. The minimum absolute atomic E-state index is 0.0863. The number of anilines is 1. The smallest absolute Gasteiger partial charge is 0.407 e. The average Bonchev–Trinajstić information content (AvgIpc) is 3.52. The molecule has 0 radical (unpaired) electrons. The van der Waals surface area contributed by atoms with Crippen molar-refractivity contribution in [2.75, 3.05) is 19.3 Å². The van der Waals surface area contributed by atoms with E-state index in [-0.39, 0.29) is 37.1 Å². The zero-order valence-corrected chi connectivity index (χ0v) is 21.7. The summed E-state index contributed by atoms with van der Waals surface area (Å²) in [6.07, 6.45) is 3.10. The van der Waals surface area contributed by atoms with Crippen LogP contribution in [-0.4, -0.2) is 80.3 Å². The van der Waals surface area contributed by atoms with Gasteiger partial charge in [0.1, 0.15) is 36.8 Å². The van der Waals surface area contributed by atoms with E-state index in [4.69, 9.17) is 24.7 Å². The minimum atomic E-state index is -0.732. The van der Waals surface area contributed by atoms with Crippen LogP contribution in [0, 0.1) is 0 Å². The van der Waals surface area contributed by atoms with Crippen LogP contribution in [0.15, 0.2) is 43.0 Å². The van der Waals surface area contributed by atoms with Gasteiger partial charge >= 0.3 is 6.09 Å². The maximum Gasteiger partial charge on any atom is 0.407 e. The summed E-state index contributed by atoms with van der Waals surface area (Å²) in [4.78, 5) is 27.3. The molecular formula is C26H33N7O5. The van der Waals surface area contributed by atoms with Crippen molar-refractivity contribution in [1.82, 2.24) is 29.7 Å². The van der Waals surface area contributed by atoms with Crippen molar-refractivity contribution in [1.29, 1.82) is 0 Å². The fraction of sp³-hybridized carbons (Fsp3) is 0.538. The first kappa shape index (κ1) is 25.0. The number of carbonyl (C=O) groups is 1. The fourth-order valence-corrected chi connectivity index (χ4v) is 5.52. The highest BCUT2D eigenvalue weighted by atomic mass is 16.8. The summed E-state index contributed by atoms with van der Waals surface area (Å²) in [5.74, 6) is -0.412. The van der Waals surface area contributed by atoms with Crippen LogP contribution < -0.4 is 11.1 Å². The Morgan fingerprint density at radius 1 is 1.18 bits per heavy atom. The summed E-state index contributed by atoms with van der Waals surface area (Å²) in [6, 6.07) is 10.0. The lowest BCUT2D eigenvalue weighted by molar-refractivity contribution is -0.198. The van der Waals surface area contributed by atoms with Crippen molar-refractivity contribution in [3.63, 3.8) is 0 Å². The molecule has 6 rings (SSSR count). The molecule has 2 saturated heterocycles. The molecule has 1 aromatic carbocycles. The van der Waals surface area contributed by atoms with Gasteiger partial charge in [0.15, 0.2) is 23.5 Å². The number of nitrogens with zero attached hydrogens (tertiary/aromatic N) is 5. The highest BCUT2D eigenvalue weighted by Crippen LogP contribution is 2.44. The molecule has 2 aliphatic heterocycles. The van der Waals surface area contributed by atoms with Crippen LogP contribution in [0.5, 0.6) is 0 Å². The SMILES string of the molecule is CN(C[C@H]1O[C@@H](n2cnc3c(N)ncnc32)[C@@H]2OC(C)(C)O[C@@H]21)C1CC(NC(=O)OCc2ccccc2)C1. The number of nitrogen functional groups attached to an aromatic ring is 1. The predicted molar refractivity (Wildman–Crippen MR) is 137 cm³/mol. The lowest BCUT2D eigenvalue weighted by Gasteiger charge is -2.42. The zero-order chi connectivity index (χ0) is 26.4. The Morgan fingerprint density at radius 2 is 1.95 bits per heavy atom. The quantitative estimate of drug-likeness (QED) is 0.474. The van der Waals surface area contributed by atoms with E-state index in [1.807, 2.05) is 48.7 Å². The van der Waals surface area contributed by atoms with E-state index in [0.29, 0.717) is 29.6 Å². The first-order valence-electron chi connectivity index (χ1n) is 12.9. The van der Waals surface area contributed by atoms with Gasteiger partial charge in [-0.2, -0.15) is 0 Å². The minimum Gasteiger partial charge on any atom is -0.445 e. The number of likely N-dealkylation sites (N-methyl/N-ethyl adjacent to an activating group) is 1.